The van der Waals surface area contributed by atoms with Crippen LogP contribution in [0.25, 0.3) is 0 Å². The van der Waals surface area contributed by atoms with E-state index in [9.17, 15) is 14.3 Å². The lowest BCUT2D eigenvalue weighted by atomic mass is 10.0. The average Bonchev–Trinajstić information content (AvgIpc) is 2.63. The minimum absolute atomic E-state index is 0.0626. The molecule has 2 aromatic carbocycles. The molecule has 4 heteroatoms. The van der Waals surface area contributed by atoms with Gasteiger partial charge in [0, 0.05) is 18.0 Å². The molecular formula is C22H28FNO2. The molecule has 0 aliphatic heterocycles. The minimum atomic E-state index is -0.321. The highest BCUT2D eigenvalue weighted by Crippen LogP contribution is 2.15. The first kappa shape index (κ1) is 20.1. The van der Waals surface area contributed by atoms with Crippen molar-refractivity contribution in [1.29, 1.82) is 0 Å². The molecular weight excluding hydrogens is 329 g/mol. The second-order valence-corrected chi connectivity index (χ2v) is 6.79. The van der Waals surface area contributed by atoms with Gasteiger partial charge in [-0.3, -0.25) is 4.79 Å². The molecule has 0 saturated heterocycles. The Morgan fingerprint density at radius 1 is 1.08 bits per heavy atom. The van der Waals surface area contributed by atoms with Gasteiger partial charge in [0.15, 0.2) is 5.78 Å². The minimum Gasteiger partial charge on any atom is -0.508 e. The van der Waals surface area contributed by atoms with Crippen LogP contribution >= 0.6 is 0 Å². The molecule has 2 rings (SSSR count). The van der Waals surface area contributed by atoms with Crippen molar-refractivity contribution in [2.24, 2.45) is 0 Å². The van der Waals surface area contributed by atoms with E-state index in [1.54, 1.807) is 24.3 Å². The summed E-state index contributed by atoms with van der Waals surface area (Å²) in [6, 6.07) is 13.5. The first-order valence-electron chi connectivity index (χ1n) is 9.30. The van der Waals surface area contributed by atoms with Crippen LogP contribution in [0.15, 0.2) is 48.5 Å². The zero-order valence-electron chi connectivity index (χ0n) is 15.6. The van der Waals surface area contributed by atoms with E-state index < -0.39 is 0 Å². The van der Waals surface area contributed by atoms with Crippen molar-refractivity contribution in [2.75, 3.05) is 13.1 Å². The molecule has 26 heavy (non-hydrogen) atoms. The number of benzene rings is 2. The molecule has 2 aromatic rings. The Morgan fingerprint density at radius 2 is 1.73 bits per heavy atom. The van der Waals surface area contributed by atoms with Crippen LogP contribution in [0.4, 0.5) is 4.39 Å². The van der Waals surface area contributed by atoms with Gasteiger partial charge >= 0.3 is 0 Å². The molecule has 0 saturated carbocycles. The van der Waals surface area contributed by atoms with E-state index in [2.05, 4.69) is 18.7 Å². The summed E-state index contributed by atoms with van der Waals surface area (Å²) in [6.07, 6.45) is 3.23. The number of Topliss-reactive ketones (excluding diaryl/α,β-unsaturated/α-hetero) is 1. The van der Waals surface area contributed by atoms with Crippen molar-refractivity contribution in [1.82, 2.24) is 4.90 Å². The van der Waals surface area contributed by atoms with E-state index in [0.29, 0.717) is 18.0 Å². The number of carbonyl (C=O) groups excluding carboxylic acids is 1. The lowest BCUT2D eigenvalue weighted by molar-refractivity contribution is 0.0970. The van der Waals surface area contributed by atoms with Gasteiger partial charge in [-0.1, -0.05) is 19.1 Å². The van der Waals surface area contributed by atoms with Gasteiger partial charge in [0.2, 0.25) is 0 Å². The van der Waals surface area contributed by atoms with Gasteiger partial charge < -0.3 is 10.0 Å². The monoisotopic (exact) mass is 357 g/mol. The van der Waals surface area contributed by atoms with Crippen LogP contribution in [0.5, 0.6) is 5.75 Å². The zero-order chi connectivity index (χ0) is 18.9. The number of hydrogen-bond donors (Lipinski definition) is 1. The summed E-state index contributed by atoms with van der Waals surface area (Å²) in [5.74, 6) is 0.0254. The predicted molar refractivity (Wildman–Crippen MR) is 103 cm³/mol. The number of ketones is 1. The number of aromatic hydroxyl groups is 1. The topological polar surface area (TPSA) is 40.5 Å². The van der Waals surface area contributed by atoms with Gasteiger partial charge in [-0.05, 0) is 81.2 Å². The van der Waals surface area contributed by atoms with E-state index in [-0.39, 0.29) is 17.3 Å². The van der Waals surface area contributed by atoms with Gasteiger partial charge in [-0.15, -0.1) is 0 Å². The lowest BCUT2D eigenvalue weighted by Gasteiger charge is -2.29. The highest BCUT2D eigenvalue weighted by molar-refractivity contribution is 5.95. The van der Waals surface area contributed by atoms with E-state index in [1.807, 2.05) is 12.1 Å². The van der Waals surface area contributed by atoms with E-state index in [4.69, 9.17) is 0 Å². The molecule has 0 fully saturated rings. The van der Waals surface area contributed by atoms with Crippen molar-refractivity contribution in [2.45, 2.75) is 45.6 Å². The van der Waals surface area contributed by atoms with Gasteiger partial charge in [0.25, 0.3) is 0 Å². The third-order valence-corrected chi connectivity index (χ3v) is 4.62. The Kier molecular flexibility index (Phi) is 7.79. The van der Waals surface area contributed by atoms with Crippen molar-refractivity contribution < 1.29 is 14.3 Å². The quantitative estimate of drug-likeness (QED) is 0.619. The van der Waals surface area contributed by atoms with Gasteiger partial charge in [0.05, 0.1) is 0 Å². The molecule has 0 bridgehead atoms. The molecule has 0 aliphatic rings. The van der Waals surface area contributed by atoms with Crippen molar-refractivity contribution in [3.63, 3.8) is 0 Å². The normalized spacial score (nSPS) is 12.3. The van der Waals surface area contributed by atoms with Crippen molar-refractivity contribution in [3.8, 4) is 5.75 Å². The smallest absolute Gasteiger partial charge is 0.162 e. The van der Waals surface area contributed by atoms with E-state index in [1.165, 1.54) is 17.7 Å². The fourth-order valence-electron chi connectivity index (χ4n) is 3.16. The highest BCUT2D eigenvalue weighted by atomic mass is 19.1. The van der Waals surface area contributed by atoms with E-state index in [0.717, 1.165) is 32.4 Å². The lowest BCUT2D eigenvalue weighted by Crippen LogP contribution is -2.36. The molecule has 0 heterocycles. The first-order valence-corrected chi connectivity index (χ1v) is 9.30. The van der Waals surface area contributed by atoms with Gasteiger partial charge in [0.1, 0.15) is 11.6 Å². The van der Waals surface area contributed by atoms with Crippen molar-refractivity contribution in [3.05, 3.63) is 65.5 Å². The summed E-state index contributed by atoms with van der Waals surface area (Å²) >= 11 is 0. The summed E-state index contributed by atoms with van der Waals surface area (Å²) in [7, 11) is 0. The zero-order valence-corrected chi connectivity index (χ0v) is 15.6. The van der Waals surface area contributed by atoms with Crippen LogP contribution in [-0.2, 0) is 6.42 Å². The standard InChI is InChI=1S/C22H28FNO2/c1-3-14-24(17(2)16-18-6-12-21(25)13-7-18)15-4-5-22(26)19-8-10-20(23)11-9-19/h6-13,17,25H,3-5,14-16H2,1-2H3. The summed E-state index contributed by atoms with van der Waals surface area (Å²) < 4.78 is 13.0. The maximum atomic E-state index is 13.0. The number of nitrogens with zero attached hydrogens (tertiary/aromatic N) is 1. The second kappa shape index (κ2) is 10.1. The fraction of sp³-hybridized carbons (Fsp3) is 0.409. The van der Waals surface area contributed by atoms with Crippen LogP contribution in [-0.4, -0.2) is 34.9 Å². The average molecular weight is 357 g/mol. The van der Waals surface area contributed by atoms with Gasteiger partial charge in [-0.2, -0.15) is 0 Å². The van der Waals surface area contributed by atoms with Gasteiger partial charge in [-0.25, -0.2) is 4.39 Å². The number of phenolic OH excluding ortho intramolecular Hbond substituents is 1. The van der Waals surface area contributed by atoms with Crippen LogP contribution in [0.3, 0.4) is 0 Å². The van der Waals surface area contributed by atoms with Crippen LogP contribution in [0, 0.1) is 5.82 Å². The third kappa shape index (κ3) is 6.26. The maximum absolute atomic E-state index is 13.0. The molecule has 1 N–H and O–H groups in total. The Balaban J connectivity index is 1.85. The molecule has 140 valence electrons. The SMILES string of the molecule is CCCN(CCCC(=O)c1ccc(F)cc1)C(C)Cc1ccc(O)cc1. The van der Waals surface area contributed by atoms with Crippen LogP contribution in [0.1, 0.15) is 49.0 Å². The fourth-order valence-corrected chi connectivity index (χ4v) is 3.16. The molecule has 0 amide bonds. The first-order chi connectivity index (χ1) is 12.5. The second-order valence-electron chi connectivity index (χ2n) is 6.79. The number of rotatable bonds is 10. The Hall–Kier alpha value is -2.20. The van der Waals surface area contributed by atoms with Crippen LogP contribution < -0.4 is 0 Å². The molecule has 0 aliphatic carbocycles. The Morgan fingerprint density at radius 3 is 2.35 bits per heavy atom. The van der Waals surface area contributed by atoms with Crippen molar-refractivity contribution >= 4 is 5.78 Å². The molecule has 0 radical (unpaired) electrons. The molecule has 0 aromatic heterocycles. The summed E-state index contributed by atoms with van der Waals surface area (Å²) in [6.45, 7) is 6.21. The van der Waals surface area contributed by atoms with E-state index >= 15 is 0 Å². The summed E-state index contributed by atoms with van der Waals surface area (Å²) in [5.41, 5.74) is 1.77. The summed E-state index contributed by atoms with van der Waals surface area (Å²) in [5, 5.41) is 9.40. The molecule has 3 nitrogen and oxygen atoms in total. The highest BCUT2D eigenvalue weighted by Gasteiger charge is 2.14. The largest absolute Gasteiger partial charge is 0.508 e. The molecule has 0 spiro atoms. The number of hydrogen-bond acceptors (Lipinski definition) is 3. The number of phenols is 1. The van der Waals surface area contributed by atoms with Crippen LogP contribution in [0.2, 0.25) is 0 Å². The Labute approximate surface area is 155 Å². The third-order valence-electron chi connectivity index (χ3n) is 4.62. The number of carbonyl (C=O) groups is 1. The predicted octanol–water partition coefficient (Wildman–Crippen LogP) is 4.84. The Bertz CT molecular complexity index is 682. The summed E-state index contributed by atoms with van der Waals surface area (Å²) in [4.78, 5) is 14.6. The maximum Gasteiger partial charge on any atom is 0.162 e. The molecule has 1 unspecified atom stereocenters. The number of halogens is 1. The molecule has 1 atom stereocenters.